The van der Waals surface area contributed by atoms with Crippen LogP contribution in [-0.2, 0) is 0 Å². The van der Waals surface area contributed by atoms with Crippen molar-refractivity contribution in [1.82, 2.24) is 4.90 Å². The van der Waals surface area contributed by atoms with Crippen molar-refractivity contribution in [2.24, 2.45) is 0 Å². The highest BCUT2D eigenvalue weighted by atomic mass is 32.2. The zero-order valence-electron chi connectivity index (χ0n) is 14.0. The molecule has 2 aliphatic rings. The third-order valence-electron chi connectivity index (χ3n) is 4.67. The predicted molar refractivity (Wildman–Crippen MR) is 100 cm³/mol. The minimum atomic E-state index is -0.807. The molecule has 0 unspecified atom stereocenters. The van der Waals surface area contributed by atoms with Gasteiger partial charge in [-0.2, -0.15) is 0 Å². The second kappa shape index (κ2) is 7.08. The Kier molecular flexibility index (Phi) is 4.64. The molecule has 2 aliphatic heterocycles. The van der Waals surface area contributed by atoms with Crippen LogP contribution in [0.4, 0.5) is 8.78 Å². The smallest absolute Gasteiger partial charge is 0.197 e. The van der Waals surface area contributed by atoms with Gasteiger partial charge in [0.2, 0.25) is 0 Å². The number of hydrogen-bond donors (Lipinski definition) is 0. The maximum atomic E-state index is 14.1. The molecule has 0 spiro atoms. The maximum absolute atomic E-state index is 14.1. The third kappa shape index (κ3) is 2.97. The van der Waals surface area contributed by atoms with Crippen molar-refractivity contribution >= 4 is 23.2 Å². The normalized spacial score (nSPS) is 17.0. The fourth-order valence-electron chi connectivity index (χ4n) is 3.39. The molecule has 2 aromatic rings. The number of thioether (sulfide) groups is 1. The summed E-state index contributed by atoms with van der Waals surface area (Å²) >= 11 is 1.46. The molecule has 0 aliphatic carbocycles. The molecule has 2 aromatic carbocycles. The second-order valence-corrected chi connectivity index (χ2v) is 7.16. The van der Waals surface area contributed by atoms with Crippen LogP contribution < -0.4 is 0 Å². The van der Waals surface area contributed by atoms with Crippen LogP contribution in [0.2, 0.25) is 0 Å². The Morgan fingerprint density at radius 3 is 2.42 bits per heavy atom. The van der Waals surface area contributed by atoms with Crippen LogP contribution in [0.5, 0.6) is 0 Å². The molecule has 4 rings (SSSR count). The van der Waals surface area contributed by atoms with E-state index >= 15 is 0 Å². The van der Waals surface area contributed by atoms with Crippen LogP contribution in [0.15, 0.2) is 64.5 Å². The summed E-state index contributed by atoms with van der Waals surface area (Å²) in [6, 6.07) is 13.5. The van der Waals surface area contributed by atoms with Gasteiger partial charge in [0.25, 0.3) is 0 Å². The van der Waals surface area contributed by atoms with E-state index in [9.17, 15) is 13.6 Å². The van der Waals surface area contributed by atoms with E-state index in [0.29, 0.717) is 12.0 Å². The molecular formula is C21H17F2NOS. The van der Waals surface area contributed by atoms with Crippen molar-refractivity contribution in [1.29, 1.82) is 0 Å². The number of hydrogen-bond acceptors (Lipinski definition) is 3. The Morgan fingerprint density at radius 1 is 0.962 bits per heavy atom. The fraction of sp³-hybridized carbons (Fsp3) is 0.190. The second-order valence-electron chi connectivity index (χ2n) is 6.31. The van der Waals surface area contributed by atoms with Gasteiger partial charge in [-0.25, -0.2) is 8.78 Å². The highest BCUT2D eigenvalue weighted by Crippen LogP contribution is 2.44. The average Bonchev–Trinajstić information content (AvgIpc) is 2.94. The van der Waals surface area contributed by atoms with E-state index in [0.717, 1.165) is 47.8 Å². The molecule has 26 heavy (non-hydrogen) atoms. The zero-order valence-corrected chi connectivity index (χ0v) is 14.9. The van der Waals surface area contributed by atoms with Crippen molar-refractivity contribution < 1.29 is 13.6 Å². The van der Waals surface area contributed by atoms with Crippen molar-refractivity contribution in [3.8, 4) is 0 Å². The quantitative estimate of drug-likeness (QED) is 0.658. The molecule has 0 N–H and O–H groups in total. The van der Waals surface area contributed by atoms with Crippen molar-refractivity contribution in [2.75, 3.05) is 6.54 Å². The Balaban J connectivity index is 1.76. The minimum absolute atomic E-state index is 0.453. The Morgan fingerprint density at radius 2 is 1.69 bits per heavy atom. The first-order chi connectivity index (χ1) is 12.7. The number of Topliss-reactive ketones (excluding diaryl/α,β-unsaturated/α-hetero) is 1. The van der Waals surface area contributed by atoms with E-state index in [2.05, 4.69) is 4.90 Å². The summed E-state index contributed by atoms with van der Waals surface area (Å²) in [7, 11) is 0. The lowest BCUT2D eigenvalue weighted by atomic mass is 9.99. The van der Waals surface area contributed by atoms with Gasteiger partial charge in [-0.1, -0.05) is 48.2 Å². The number of carbonyl (C=O) groups is 1. The molecule has 132 valence electrons. The highest BCUT2D eigenvalue weighted by molar-refractivity contribution is 8.06. The van der Waals surface area contributed by atoms with Crippen LogP contribution in [0, 0.1) is 11.6 Å². The first kappa shape index (κ1) is 17.0. The molecular weight excluding hydrogens is 352 g/mol. The summed E-state index contributed by atoms with van der Waals surface area (Å²) in [4.78, 5) is 15.1. The van der Waals surface area contributed by atoms with Gasteiger partial charge in [0.15, 0.2) is 5.78 Å². The van der Waals surface area contributed by atoms with Gasteiger partial charge in [-0.3, -0.25) is 4.79 Å². The lowest BCUT2D eigenvalue weighted by molar-refractivity contribution is 0.102. The van der Waals surface area contributed by atoms with Crippen molar-refractivity contribution in [2.45, 2.75) is 19.3 Å². The van der Waals surface area contributed by atoms with Gasteiger partial charge in [-0.15, -0.1) is 0 Å². The van der Waals surface area contributed by atoms with Gasteiger partial charge < -0.3 is 4.90 Å². The van der Waals surface area contributed by atoms with Gasteiger partial charge in [-0.05, 0) is 37.0 Å². The molecule has 2 heterocycles. The standard InChI is InChI=1S/C21H17F2NOS/c22-16-10-6-11-17(23)19(16)20(25)15-9-4-5-12-24-18(13-26-21(15)24)14-7-2-1-3-8-14/h1-3,6-8,10-11,13H,4-5,9,12H2. The molecule has 0 fully saturated rings. The summed E-state index contributed by atoms with van der Waals surface area (Å²) in [5, 5.41) is 2.81. The average molecular weight is 369 g/mol. The van der Waals surface area contributed by atoms with Crippen molar-refractivity contribution in [3.63, 3.8) is 0 Å². The molecule has 2 nitrogen and oxygen atoms in total. The molecule has 0 bridgehead atoms. The predicted octanol–water partition coefficient (Wildman–Crippen LogP) is 5.59. The zero-order chi connectivity index (χ0) is 18.1. The molecule has 0 atom stereocenters. The number of rotatable bonds is 3. The minimum Gasteiger partial charge on any atom is -0.335 e. The number of carbonyl (C=O) groups excluding carboxylic acids is 1. The monoisotopic (exact) mass is 369 g/mol. The van der Waals surface area contributed by atoms with Gasteiger partial charge in [0, 0.05) is 17.5 Å². The number of allylic oxidation sites excluding steroid dienone is 1. The molecule has 0 amide bonds. The number of halogens is 2. The van der Waals surface area contributed by atoms with E-state index in [-0.39, 0.29) is 0 Å². The lowest BCUT2D eigenvalue weighted by Crippen LogP contribution is -2.20. The van der Waals surface area contributed by atoms with Crippen LogP contribution in [-0.4, -0.2) is 17.2 Å². The van der Waals surface area contributed by atoms with Crippen LogP contribution in [0.3, 0.4) is 0 Å². The van der Waals surface area contributed by atoms with Gasteiger partial charge in [0.05, 0.1) is 16.3 Å². The Bertz CT molecular complexity index is 901. The molecule has 5 heteroatoms. The maximum Gasteiger partial charge on any atom is 0.197 e. The summed E-state index contributed by atoms with van der Waals surface area (Å²) in [6.07, 6.45) is 2.27. The fourth-order valence-corrected chi connectivity index (χ4v) is 4.53. The molecule has 0 saturated carbocycles. The lowest BCUT2D eigenvalue weighted by Gasteiger charge is -2.23. The third-order valence-corrected chi connectivity index (χ3v) is 5.70. The van der Waals surface area contributed by atoms with E-state index in [1.54, 1.807) is 0 Å². The first-order valence-electron chi connectivity index (χ1n) is 8.58. The molecule has 0 aromatic heterocycles. The number of nitrogens with zero attached hydrogens (tertiary/aromatic N) is 1. The SMILES string of the molecule is O=C(C1=C2SC=C(c3ccccc3)N2CCCC1)c1c(F)cccc1F. The Labute approximate surface area is 155 Å². The molecule has 0 saturated heterocycles. The number of ketones is 1. The van der Waals surface area contributed by atoms with Crippen LogP contribution >= 0.6 is 11.8 Å². The molecule has 0 radical (unpaired) electrons. The van der Waals surface area contributed by atoms with E-state index < -0.39 is 23.0 Å². The van der Waals surface area contributed by atoms with Crippen molar-refractivity contribution in [3.05, 3.63) is 87.3 Å². The number of fused-ring (bicyclic) bond motifs is 1. The number of benzene rings is 2. The van der Waals surface area contributed by atoms with E-state index in [1.165, 1.54) is 17.8 Å². The summed E-state index contributed by atoms with van der Waals surface area (Å²) in [5.41, 5.74) is 2.15. The summed E-state index contributed by atoms with van der Waals surface area (Å²) in [6.45, 7) is 0.791. The largest absolute Gasteiger partial charge is 0.335 e. The summed E-state index contributed by atoms with van der Waals surface area (Å²) in [5.74, 6) is -2.16. The van der Waals surface area contributed by atoms with Crippen LogP contribution in [0.1, 0.15) is 35.2 Å². The van der Waals surface area contributed by atoms with E-state index in [4.69, 9.17) is 0 Å². The topological polar surface area (TPSA) is 20.3 Å². The summed E-state index contributed by atoms with van der Waals surface area (Å²) < 4.78 is 28.3. The Hall–Kier alpha value is -2.40. The van der Waals surface area contributed by atoms with Crippen LogP contribution in [0.25, 0.3) is 5.70 Å². The van der Waals surface area contributed by atoms with Gasteiger partial charge >= 0.3 is 0 Å². The van der Waals surface area contributed by atoms with Gasteiger partial charge in [0.1, 0.15) is 11.6 Å². The van der Waals surface area contributed by atoms with E-state index in [1.807, 2.05) is 35.7 Å². The first-order valence-corrected chi connectivity index (χ1v) is 9.46. The highest BCUT2D eigenvalue weighted by Gasteiger charge is 2.32.